The Morgan fingerprint density at radius 1 is 0.343 bits per heavy atom. The topological polar surface area (TPSA) is 67.3 Å². The number of hydrogen-bond acceptors (Lipinski definition) is 2. The van der Waals surface area contributed by atoms with Crippen LogP contribution in [0.15, 0.2) is 97.1 Å². The molecule has 0 saturated carbocycles. The van der Waals surface area contributed by atoms with Gasteiger partial charge in [-0.25, -0.2) is 0 Å². The smallest absolute Gasteiger partial charge is 0.104 e. The average molecular weight is 909 g/mol. The zero-order chi connectivity index (χ0) is 48.0. The van der Waals surface area contributed by atoms with Crippen molar-refractivity contribution in [2.24, 2.45) is 0 Å². The highest BCUT2D eigenvalue weighted by atomic mass is 15.1. The molecular weight excluding hydrogens is 853 g/mol. The van der Waals surface area contributed by atoms with E-state index >= 15 is 0 Å². The number of aryl methyl sites for hydroxylation is 6. The Balaban J connectivity index is 1.42. The predicted octanol–water partition coefficient (Wildman–Crippen LogP) is 15.8. The summed E-state index contributed by atoms with van der Waals surface area (Å²) in [6.07, 6.45) is 17.0. The molecule has 0 atom stereocenters. The van der Waals surface area contributed by atoms with Crippen LogP contribution in [0.4, 0.5) is 0 Å². The number of nitrogens with zero attached hydrogens (tertiary/aromatic N) is 6. The number of allylic oxidation sites excluding steroid dienone is 8. The lowest BCUT2D eigenvalue weighted by Crippen LogP contribution is -2.21. The van der Waals surface area contributed by atoms with Crippen molar-refractivity contribution in [1.82, 2.24) is 18.3 Å². The second kappa shape index (κ2) is 15.4. The van der Waals surface area contributed by atoms with E-state index in [4.69, 9.17) is 0 Å². The Morgan fingerprint density at radius 2 is 0.657 bits per heavy atom. The zero-order valence-corrected chi connectivity index (χ0v) is 41.6. The van der Waals surface area contributed by atoms with Crippen molar-refractivity contribution >= 4 is 65.9 Å². The molecule has 9 aromatic rings. The van der Waals surface area contributed by atoms with Crippen LogP contribution in [-0.2, 0) is 25.7 Å². The minimum absolute atomic E-state index is 0.488. The summed E-state index contributed by atoms with van der Waals surface area (Å²) in [5.74, 6) is 0. The van der Waals surface area contributed by atoms with E-state index in [0.29, 0.717) is 16.8 Å². The van der Waals surface area contributed by atoms with Gasteiger partial charge in [0.2, 0.25) is 0 Å². The lowest BCUT2D eigenvalue weighted by molar-refractivity contribution is 0.900. The van der Waals surface area contributed by atoms with Gasteiger partial charge in [0, 0.05) is 21.5 Å². The van der Waals surface area contributed by atoms with Gasteiger partial charge < -0.3 is 18.3 Å². The molecule has 5 aromatic carbocycles. The van der Waals surface area contributed by atoms with Crippen molar-refractivity contribution < 1.29 is 0 Å². The molecule has 4 aromatic heterocycles. The maximum Gasteiger partial charge on any atom is 0.104 e. The molecule has 342 valence electrons. The van der Waals surface area contributed by atoms with Gasteiger partial charge in [0.15, 0.2) is 0 Å². The van der Waals surface area contributed by atoms with E-state index in [1.807, 2.05) is 0 Å². The minimum Gasteiger partial charge on any atom is -0.306 e. The van der Waals surface area contributed by atoms with Gasteiger partial charge in [-0.2, -0.15) is 10.5 Å². The Morgan fingerprint density at radius 3 is 1.04 bits per heavy atom. The van der Waals surface area contributed by atoms with Gasteiger partial charge in [-0.05, 0) is 174 Å². The van der Waals surface area contributed by atoms with Crippen LogP contribution in [0.25, 0.3) is 88.7 Å². The van der Waals surface area contributed by atoms with Gasteiger partial charge >= 0.3 is 0 Å². The molecule has 0 unspecified atom stereocenters. The van der Waals surface area contributed by atoms with E-state index in [9.17, 15) is 10.5 Å². The second-order valence-electron chi connectivity index (χ2n) is 20.6. The van der Waals surface area contributed by atoms with E-state index in [-0.39, 0.29) is 0 Å². The first-order valence-corrected chi connectivity index (χ1v) is 25.3. The molecule has 6 heteroatoms. The van der Waals surface area contributed by atoms with Crippen LogP contribution < -0.4 is 0 Å². The molecule has 13 rings (SSSR count). The summed E-state index contributed by atoms with van der Waals surface area (Å²) in [4.78, 5) is 0. The maximum atomic E-state index is 12.6. The molecule has 0 fully saturated rings. The lowest BCUT2D eigenvalue weighted by atomic mass is 9.90. The Hall–Kier alpha value is -7.80. The van der Waals surface area contributed by atoms with Crippen LogP contribution in [0, 0.1) is 50.4 Å². The normalized spacial score (nSPS) is 15.3. The monoisotopic (exact) mass is 908 g/mol. The van der Waals surface area contributed by atoms with Crippen LogP contribution in [0.5, 0.6) is 0 Å². The van der Waals surface area contributed by atoms with Crippen LogP contribution in [-0.4, -0.2) is 18.3 Å². The molecule has 0 bridgehead atoms. The number of rotatable bonds is 4. The van der Waals surface area contributed by atoms with Crippen LogP contribution in [0.2, 0.25) is 0 Å². The summed E-state index contributed by atoms with van der Waals surface area (Å²) in [5.41, 5.74) is 27.7. The van der Waals surface area contributed by atoms with E-state index in [0.717, 1.165) is 140 Å². The summed E-state index contributed by atoms with van der Waals surface area (Å²) in [7, 11) is 0. The predicted molar refractivity (Wildman–Crippen MR) is 290 cm³/mol. The number of fused-ring (bicyclic) bond motifs is 12. The SMILES string of the molecule is CC1=CCCc2c3c(n(-c4c(-n5c6c(c7cccc(C)c75)CCC=C6C)c(C#N)c(-n5c6c(c7cccc(C)c75)CCC=C6C)c(C#N)c4-n4c5c(C)cccc5c5cccc(C)c54)c21)C(C)=CCC3. The van der Waals surface area contributed by atoms with Gasteiger partial charge in [0.25, 0.3) is 0 Å². The highest BCUT2D eigenvalue weighted by molar-refractivity contribution is 6.12. The molecule has 6 nitrogen and oxygen atoms in total. The molecule has 0 spiro atoms. The van der Waals surface area contributed by atoms with Crippen molar-refractivity contribution in [2.45, 2.75) is 107 Å². The van der Waals surface area contributed by atoms with Crippen LogP contribution in [0.3, 0.4) is 0 Å². The number of nitriles is 2. The molecule has 0 N–H and O–H groups in total. The number of para-hydroxylation sites is 4. The first-order chi connectivity index (χ1) is 34.0. The molecule has 0 saturated heterocycles. The lowest BCUT2D eigenvalue weighted by Gasteiger charge is -2.31. The van der Waals surface area contributed by atoms with Crippen molar-refractivity contribution in [3.63, 3.8) is 0 Å². The van der Waals surface area contributed by atoms with E-state index in [1.54, 1.807) is 0 Å². The maximum absolute atomic E-state index is 12.6. The quantitative estimate of drug-likeness (QED) is 0.177. The van der Waals surface area contributed by atoms with Crippen molar-refractivity contribution in [2.75, 3.05) is 0 Å². The standard InChI is InChI=1S/C64H56N6/c1-35-17-9-25-43-44-26-10-18-36(2)54(44)67(53(35)43)61-51(33-65)62(68-55-37(3)19-11-27-45(55)46-28-12-20-38(4)56(46)68)64(70-59-41(7)23-15-31-49(59)50-32-16-24-42(8)60(50)70)63(52(61)34-66)69-57-39(5)21-13-29-47(57)48-30-14-22-40(6)58(48)69/h9,11-13,17-25,27-29H,10,14-16,26,30-32H2,1-8H3. The van der Waals surface area contributed by atoms with Gasteiger partial charge in [-0.1, -0.05) is 97.1 Å². The third-order valence-electron chi connectivity index (χ3n) is 16.6. The van der Waals surface area contributed by atoms with Crippen molar-refractivity contribution in [3.8, 4) is 34.9 Å². The number of aromatic nitrogens is 4. The molecule has 0 amide bonds. The highest BCUT2D eigenvalue weighted by Gasteiger charge is 2.39. The third kappa shape index (κ3) is 5.48. The number of hydrogen-bond donors (Lipinski definition) is 0. The molecular formula is C64H56N6. The zero-order valence-electron chi connectivity index (χ0n) is 41.6. The summed E-state index contributed by atoms with van der Waals surface area (Å²) >= 11 is 0. The molecule has 0 aliphatic heterocycles. The first kappa shape index (κ1) is 42.3. The molecule has 70 heavy (non-hydrogen) atoms. The minimum atomic E-state index is 0.488. The first-order valence-electron chi connectivity index (χ1n) is 25.3. The fourth-order valence-electron chi connectivity index (χ4n) is 13.8. The summed E-state index contributed by atoms with van der Waals surface area (Å²) in [6.45, 7) is 17.9. The number of benzene rings is 5. The van der Waals surface area contributed by atoms with E-state index in [2.05, 4.69) is 183 Å². The fourth-order valence-corrected chi connectivity index (χ4v) is 13.8. The Kier molecular flexibility index (Phi) is 9.28. The van der Waals surface area contributed by atoms with Gasteiger partial charge in [-0.3, -0.25) is 0 Å². The molecule has 4 aliphatic rings. The van der Waals surface area contributed by atoms with Crippen molar-refractivity contribution in [1.29, 1.82) is 10.5 Å². The molecule has 0 radical (unpaired) electrons. The van der Waals surface area contributed by atoms with Gasteiger partial charge in [0.05, 0.1) is 67.6 Å². The molecule has 4 heterocycles. The summed E-state index contributed by atoms with van der Waals surface area (Å²) in [6, 6.07) is 32.6. The fraction of sp³-hybridized carbons (Fsp3) is 0.250. The van der Waals surface area contributed by atoms with Crippen LogP contribution in [0.1, 0.15) is 132 Å². The Bertz CT molecular complexity index is 4000. The second-order valence-corrected chi connectivity index (χ2v) is 20.6. The highest BCUT2D eigenvalue weighted by Crippen LogP contribution is 2.52. The van der Waals surface area contributed by atoms with E-state index < -0.39 is 0 Å². The largest absolute Gasteiger partial charge is 0.306 e. The van der Waals surface area contributed by atoms with Crippen molar-refractivity contribution in [3.05, 3.63) is 176 Å². The van der Waals surface area contributed by atoms with E-state index in [1.165, 1.54) is 61.1 Å². The molecule has 4 aliphatic carbocycles. The Labute approximate surface area is 410 Å². The van der Waals surface area contributed by atoms with Crippen LogP contribution >= 0.6 is 0 Å². The summed E-state index contributed by atoms with van der Waals surface area (Å²) < 4.78 is 9.87. The average Bonchev–Trinajstić information content (AvgIpc) is 4.09. The summed E-state index contributed by atoms with van der Waals surface area (Å²) in [5, 5.41) is 30.0. The van der Waals surface area contributed by atoms with Gasteiger partial charge in [-0.15, -0.1) is 0 Å². The van der Waals surface area contributed by atoms with Gasteiger partial charge in [0.1, 0.15) is 23.3 Å². The third-order valence-corrected chi connectivity index (χ3v) is 16.6.